The van der Waals surface area contributed by atoms with Crippen LogP contribution in [0.4, 0.5) is 0 Å². The zero-order valence-electron chi connectivity index (χ0n) is 9.48. The largest absolute Gasteiger partial charge is 0.393 e. The maximum absolute atomic E-state index is 10.9. The Balaban J connectivity index is 2.10. The fourth-order valence-electron chi connectivity index (χ4n) is 2.22. The summed E-state index contributed by atoms with van der Waals surface area (Å²) in [6.07, 6.45) is 8.24. The third kappa shape index (κ3) is 6.15. The topological polar surface area (TPSA) is 54.4 Å². The van der Waals surface area contributed by atoms with Gasteiger partial charge >= 0.3 is 0 Å². The molecule has 1 aliphatic carbocycles. The molecule has 90 valence electrons. The fraction of sp³-hybridized carbons (Fsp3) is 1.00. The maximum atomic E-state index is 10.9. The van der Waals surface area contributed by atoms with Crippen molar-refractivity contribution in [3.63, 3.8) is 0 Å². The molecule has 3 nitrogen and oxygen atoms in total. The molecule has 15 heavy (non-hydrogen) atoms. The number of hydrogen-bond acceptors (Lipinski definition) is 3. The third-order valence-corrected chi connectivity index (χ3v) is 4.18. The molecule has 1 saturated carbocycles. The van der Waals surface area contributed by atoms with Gasteiger partial charge in [0.25, 0.3) is 0 Å². The molecule has 0 aromatic carbocycles. The van der Waals surface area contributed by atoms with Gasteiger partial charge in [-0.2, -0.15) is 0 Å². The van der Waals surface area contributed by atoms with Crippen LogP contribution in [0.3, 0.4) is 0 Å². The molecular formula is C11H22O3S. The zero-order valence-corrected chi connectivity index (χ0v) is 10.3. The Bertz CT molecular complexity index is 266. The molecule has 1 unspecified atom stereocenters. The molecule has 1 aliphatic rings. The normalized spacial score (nSPS) is 20.7. The smallest absolute Gasteiger partial charge is 0.147 e. The summed E-state index contributed by atoms with van der Waals surface area (Å²) in [6.45, 7) is 0. The van der Waals surface area contributed by atoms with Crippen molar-refractivity contribution in [1.29, 1.82) is 0 Å². The van der Waals surface area contributed by atoms with Gasteiger partial charge in [0.05, 0.1) is 11.9 Å². The molecule has 0 radical (unpaired) electrons. The van der Waals surface area contributed by atoms with E-state index in [1.807, 2.05) is 0 Å². The molecule has 4 heteroatoms. The van der Waals surface area contributed by atoms with Crippen molar-refractivity contribution in [2.45, 2.75) is 51.0 Å². The maximum Gasteiger partial charge on any atom is 0.147 e. The lowest BCUT2D eigenvalue weighted by Crippen LogP contribution is -2.14. The lowest BCUT2D eigenvalue weighted by Gasteiger charge is -2.13. The van der Waals surface area contributed by atoms with E-state index in [0.717, 1.165) is 18.8 Å². The Morgan fingerprint density at radius 3 is 2.40 bits per heavy atom. The van der Waals surface area contributed by atoms with E-state index in [1.165, 1.54) is 31.9 Å². The van der Waals surface area contributed by atoms with E-state index in [0.29, 0.717) is 6.42 Å². The summed E-state index contributed by atoms with van der Waals surface area (Å²) in [4.78, 5) is 0. The minimum absolute atomic E-state index is 0.110. The van der Waals surface area contributed by atoms with Crippen LogP contribution in [0.1, 0.15) is 44.9 Å². The molecule has 0 amide bonds. The SMILES string of the molecule is CS(=O)(=O)CCC(O)CCC1CCCC1. The van der Waals surface area contributed by atoms with E-state index in [1.54, 1.807) is 0 Å². The van der Waals surface area contributed by atoms with E-state index >= 15 is 0 Å². The molecule has 1 fully saturated rings. The van der Waals surface area contributed by atoms with Gasteiger partial charge in [0, 0.05) is 6.26 Å². The van der Waals surface area contributed by atoms with Gasteiger partial charge in [-0.15, -0.1) is 0 Å². The highest BCUT2D eigenvalue weighted by molar-refractivity contribution is 7.90. The third-order valence-electron chi connectivity index (χ3n) is 3.20. The van der Waals surface area contributed by atoms with Gasteiger partial charge < -0.3 is 5.11 Å². The summed E-state index contributed by atoms with van der Waals surface area (Å²) < 4.78 is 21.8. The second kappa shape index (κ2) is 5.85. The predicted molar refractivity (Wildman–Crippen MR) is 61.5 cm³/mol. The molecule has 0 aromatic rings. The van der Waals surface area contributed by atoms with Crippen LogP contribution in [0.25, 0.3) is 0 Å². The number of hydrogen-bond donors (Lipinski definition) is 1. The van der Waals surface area contributed by atoms with Crippen LogP contribution in [0.2, 0.25) is 0 Å². The van der Waals surface area contributed by atoms with Gasteiger partial charge in [0.2, 0.25) is 0 Å². The predicted octanol–water partition coefficient (Wildman–Crippen LogP) is 1.75. The molecule has 0 spiro atoms. The first-order valence-electron chi connectivity index (χ1n) is 5.83. The Hall–Kier alpha value is -0.0900. The van der Waals surface area contributed by atoms with Gasteiger partial charge in [-0.25, -0.2) is 8.42 Å². The molecule has 0 aromatic heterocycles. The van der Waals surface area contributed by atoms with Gasteiger partial charge in [-0.1, -0.05) is 25.7 Å². The van der Waals surface area contributed by atoms with Crippen molar-refractivity contribution < 1.29 is 13.5 Å². The van der Waals surface area contributed by atoms with Crippen LogP contribution in [0, 0.1) is 5.92 Å². The molecule has 0 aliphatic heterocycles. The van der Waals surface area contributed by atoms with Gasteiger partial charge in [-0.05, 0) is 25.2 Å². The minimum atomic E-state index is -2.92. The summed E-state index contributed by atoms with van der Waals surface area (Å²) in [5.41, 5.74) is 0. The summed E-state index contributed by atoms with van der Waals surface area (Å²) in [6, 6.07) is 0. The van der Waals surface area contributed by atoms with Gasteiger partial charge in [0.1, 0.15) is 9.84 Å². The number of rotatable bonds is 6. The van der Waals surface area contributed by atoms with Crippen LogP contribution in [0.5, 0.6) is 0 Å². The van der Waals surface area contributed by atoms with Crippen molar-refractivity contribution in [2.75, 3.05) is 12.0 Å². The molecule has 0 heterocycles. The minimum Gasteiger partial charge on any atom is -0.393 e. The Kier molecular flexibility index (Phi) is 5.06. The van der Waals surface area contributed by atoms with Crippen molar-refractivity contribution in [2.24, 2.45) is 5.92 Å². The Labute approximate surface area is 92.8 Å². The fourth-order valence-corrected chi connectivity index (χ4v) is 2.92. The van der Waals surface area contributed by atoms with Crippen LogP contribution >= 0.6 is 0 Å². The highest BCUT2D eigenvalue weighted by Crippen LogP contribution is 2.29. The van der Waals surface area contributed by atoms with Crippen molar-refractivity contribution in [3.8, 4) is 0 Å². The van der Waals surface area contributed by atoms with E-state index in [-0.39, 0.29) is 5.75 Å². The summed E-state index contributed by atoms with van der Waals surface area (Å²) in [5, 5.41) is 9.61. The first-order valence-corrected chi connectivity index (χ1v) is 7.89. The first-order chi connectivity index (χ1) is 6.97. The monoisotopic (exact) mass is 234 g/mol. The van der Waals surface area contributed by atoms with E-state index in [9.17, 15) is 13.5 Å². The second-order valence-corrected chi connectivity index (χ2v) is 7.06. The summed E-state index contributed by atoms with van der Waals surface area (Å²) >= 11 is 0. The van der Waals surface area contributed by atoms with Gasteiger partial charge in [0.15, 0.2) is 0 Å². The van der Waals surface area contributed by atoms with Crippen LogP contribution in [-0.4, -0.2) is 31.6 Å². The first kappa shape index (κ1) is 13.0. The summed E-state index contributed by atoms with van der Waals surface area (Å²) in [7, 11) is -2.92. The Morgan fingerprint density at radius 2 is 1.87 bits per heavy atom. The van der Waals surface area contributed by atoms with Crippen molar-refractivity contribution >= 4 is 9.84 Å². The number of aliphatic hydroxyl groups excluding tert-OH is 1. The van der Waals surface area contributed by atoms with Crippen LogP contribution in [-0.2, 0) is 9.84 Å². The van der Waals surface area contributed by atoms with Crippen molar-refractivity contribution in [3.05, 3.63) is 0 Å². The highest BCUT2D eigenvalue weighted by Gasteiger charge is 2.17. The van der Waals surface area contributed by atoms with E-state index < -0.39 is 15.9 Å². The molecular weight excluding hydrogens is 212 g/mol. The molecule has 0 bridgehead atoms. The van der Waals surface area contributed by atoms with E-state index in [4.69, 9.17) is 0 Å². The van der Waals surface area contributed by atoms with E-state index in [2.05, 4.69) is 0 Å². The summed E-state index contributed by atoms with van der Waals surface area (Å²) in [5.74, 6) is 0.886. The lowest BCUT2D eigenvalue weighted by molar-refractivity contribution is 0.151. The van der Waals surface area contributed by atoms with Crippen LogP contribution in [0.15, 0.2) is 0 Å². The lowest BCUT2D eigenvalue weighted by atomic mass is 9.99. The number of aliphatic hydroxyl groups is 1. The standard InChI is InChI=1S/C11H22O3S/c1-15(13,14)9-8-11(12)7-6-10-4-2-3-5-10/h10-12H,2-9H2,1H3. The Morgan fingerprint density at radius 1 is 1.27 bits per heavy atom. The average Bonchev–Trinajstić information content (AvgIpc) is 2.62. The van der Waals surface area contributed by atoms with Crippen molar-refractivity contribution in [1.82, 2.24) is 0 Å². The highest BCUT2D eigenvalue weighted by atomic mass is 32.2. The molecule has 1 atom stereocenters. The molecule has 1 N–H and O–H groups in total. The number of sulfone groups is 1. The van der Waals surface area contributed by atoms with Gasteiger partial charge in [-0.3, -0.25) is 0 Å². The molecule has 0 saturated heterocycles. The second-order valence-electron chi connectivity index (χ2n) is 4.80. The quantitative estimate of drug-likeness (QED) is 0.762. The zero-order chi connectivity index (χ0) is 11.3. The average molecular weight is 234 g/mol. The molecule has 1 rings (SSSR count). The van der Waals surface area contributed by atoms with Crippen LogP contribution < -0.4 is 0 Å².